The van der Waals surface area contributed by atoms with Gasteiger partial charge in [-0.05, 0) is 61.4 Å². The number of methoxy groups -OCH3 is 1. The molecule has 1 aliphatic heterocycles. The Morgan fingerprint density at radius 1 is 1.03 bits per heavy atom. The number of anilines is 2. The number of nitrogens with one attached hydrogen (secondary N) is 2. The number of piperidine rings is 1. The molecule has 0 saturated carbocycles. The van der Waals surface area contributed by atoms with Crippen molar-refractivity contribution in [2.75, 3.05) is 32.6 Å². The van der Waals surface area contributed by atoms with E-state index in [9.17, 15) is 9.59 Å². The van der Waals surface area contributed by atoms with Crippen LogP contribution in [0.15, 0.2) is 67.0 Å². The van der Waals surface area contributed by atoms with Crippen LogP contribution in [0.3, 0.4) is 0 Å². The van der Waals surface area contributed by atoms with Crippen molar-refractivity contribution in [3.8, 4) is 5.75 Å². The van der Waals surface area contributed by atoms with Gasteiger partial charge in [0.2, 0.25) is 5.91 Å². The van der Waals surface area contributed by atoms with Gasteiger partial charge >= 0.3 is 0 Å². The van der Waals surface area contributed by atoms with Crippen LogP contribution in [-0.2, 0) is 10.2 Å². The van der Waals surface area contributed by atoms with E-state index in [-0.39, 0.29) is 18.4 Å². The molecule has 4 rings (SSSR count). The Hall–Kier alpha value is -3.94. The van der Waals surface area contributed by atoms with E-state index < -0.39 is 5.41 Å². The first kappa shape index (κ1) is 22.3. The number of carbonyl (C=O) groups is 2. The topological polar surface area (TPSA) is 96.5 Å². The van der Waals surface area contributed by atoms with Gasteiger partial charge in [0.25, 0.3) is 5.91 Å². The zero-order valence-corrected chi connectivity index (χ0v) is 18.7. The highest BCUT2D eigenvalue weighted by molar-refractivity contribution is 6.00. The van der Waals surface area contributed by atoms with Crippen molar-refractivity contribution in [3.05, 3.63) is 78.2 Å². The standard InChI is InChI=1S/C25H27N5O3/c1-26-24(32)25(21-8-3-4-14-27-21)13-6-16-30(17-25)23(31)20-7-5-15-28-22(20)29-18-9-11-19(33-2)12-10-18/h3-5,7-12,14-15H,6,13,16-17H2,1-2H3,(H,26,32)(H,28,29)/t25-/m0/s1. The number of nitrogens with zero attached hydrogens (tertiary/aromatic N) is 3. The summed E-state index contributed by atoms with van der Waals surface area (Å²) in [4.78, 5) is 37.2. The van der Waals surface area contributed by atoms with E-state index in [1.807, 2.05) is 42.5 Å². The Morgan fingerprint density at radius 2 is 1.82 bits per heavy atom. The van der Waals surface area contributed by atoms with Gasteiger partial charge in [0.05, 0.1) is 18.4 Å². The van der Waals surface area contributed by atoms with Gasteiger partial charge in [-0.15, -0.1) is 0 Å². The zero-order chi connectivity index (χ0) is 23.3. The second-order valence-electron chi connectivity index (χ2n) is 7.96. The summed E-state index contributed by atoms with van der Waals surface area (Å²) in [7, 11) is 3.23. The lowest BCUT2D eigenvalue weighted by atomic mass is 9.75. The third kappa shape index (κ3) is 4.50. The van der Waals surface area contributed by atoms with Crippen LogP contribution in [0, 0.1) is 0 Å². The second-order valence-corrected chi connectivity index (χ2v) is 7.96. The molecule has 0 radical (unpaired) electrons. The molecule has 3 aromatic rings. The monoisotopic (exact) mass is 445 g/mol. The number of hydrogen-bond acceptors (Lipinski definition) is 6. The minimum Gasteiger partial charge on any atom is -0.497 e. The summed E-state index contributed by atoms with van der Waals surface area (Å²) in [6.45, 7) is 0.806. The van der Waals surface area contributed by atoms with Gasteiger partial charge in [-0.2, -0.15) is 0 Å². The van der Waals surface area contributed by atoms with Crippen LogP contribution in [0.4, 0.5) is 11.5 Å². The predicted molar refractivity (Wildman–Crippen MR) is 126 cm³/mol. The molecule has 1 saturated heterocycles. The van der Waals surface area contributed by atoms with Crippen molar-refractivity contribution >= 4 is 23.3 Å². The lowest BCUT2D eigenvalue weighted by molar-refractivity contribution is -0.128. The Labute approximate surface area is 193 Å². The highest BCUT2D eigenvalue weighted by atomic mass is 16.5. The lowest BCUT2D eigenvalue weighted by Gasteiger charge is -2.41. The molecule has 33 heavy (non-hydrogen) atoms. The first-order valence-electron chi connectivity index (χ1n) is 10.9. The molecule has 1 aromatic carbocycles. The SMILES string of the molecule is CNC(=O)[C@@]1(c2ccccn2)CCCN(C(=O)c2cccnc2Nc2ccc(OC)cc2)C1. The number of hydrogen-bond donors (Lipinski definition) is 2. The number of carbonyl (C=O) groups excluding carboxylic acids is 2. The maximum absolute atomic E-state index is 13.6. The van der Waals surface area contributed by atoms with Gasteiger partial charge in [-0.25, -0.2) is 4.98 Å². The average molecular weight is 446 g/mol. The van der Waals surface area contributed by atoms with Crippen LogP contribution >= 0.6 is 0 Å². The highest BCUT2D eigenvalue weighted by Gasteiger charge is 2.45. The maximum Gasteiger partial charge on any atom is 0.257 e. The molecular formula is C25H27N5O3. The molecule has 1 fully saturated rings. The fourth-order valence-electron chi connectivity index (χ4n) is 4.28. The Balaban J connectivity index is 1.62. The predicted octanol–water partition coefficient (Wildman–Crippen LogP) is 3.15. The third-order valence-corrected chi connectivity index (χ3v) is 5.99. The summed E-state index contributed by atoms with van der Waals surface area (Å²) in [5, 5.41) is 6.00. The number of ether oxygens (including phenoxy) is 1. The number of benzene rings is 1. The molecule has 8 nitrogen and oxygen atoms in total. The largest absolute Gasteiger partial charge is 0.497 e. The minimum atomic E-state index is -0.893. The lowest BCUT2D eigenvalue weighted by Crippen LogP contribution is -2.56. The fraction of sp³-hybridized carbons (Fsp3) is 0.280. The molecule has 8 heteroatoms. The van der Waals surface area contributed by atoms with Crippen molar-refractivity contribution in [1.29, 1.82) is 0 Å². The van der Waals surface area contributed by atoms with E-state index in [0.717, 1.165) is 11.4 Å². The number of likely N-dealkylation sites (N-methyl/N-ethyl adjacent to an activating group) is 1. The van der Waals surface area contributed by atoms with Crippen LogP contribution in [0.25, 0.3) is 0 Å². The van der Waals surface area contributed by atoms with Gasteiger partial charge in [-0.3, -0.25) is 14.6 Å². The van der Waals surface area contributed by atoms with Crippen molar-refractivity contribution in [2.45, 2.75) is 18.3 Å². The molecule has 0 unspecified atom stereocenters. The van der Waals surface area contributed by atoms with E-state index in [0.29, 0.717) is 36.5 Å². The zero-order valence-electron chi connectivity index (χ0n) is 18.7. The number of amides is 2. The van der Waals surface area contributed by atoms with Crippen molar-refractivity contribution in [1.82, 2.24) is 20.2 Å². The summed E-state index contributed by atoms with van der Waals surface area (Å²) in [5.74, 6) is 0.886. The first-order valence-corrected chi connectivity index (χ1v) is 10.9. The fourth-order valence-corrected chi connectivity index (χ4v) is 4.28. The molecule has 2 N–H and O–H groups in total. The van der Waals surface area contributed by atoms with E-state index in [1.165, 1.54) is 0 Å². The first-order chi connectivity index (χ1) is 16.1. The van der Waals surface area contributed by atoms with Gasteiger partial charge in [0, 0.05) is 38.2 Å². The Kier molecular flexibility index (Phi) is 6.53. The van der Waals surface area contributed by atoms with Crippen molar-refractivity contribution < 1.29 is 14.3 Å². The molecular weight excluding hydrogens is 418 g/mol. The molecule has 1 aliphatic rings. The summed E-state index contributed by atoms with van der Waals surface area (Å²) in [6, 6.07) is 16.4. The number of likely N-dealkylation sites (tertiary alicyclic amines) is 1. The molecule has 170 valence electrons. The van der Waals surface area contributed by atoms with E-state index in [1.54, 1.807) is 43.6 Å². The van der Waals surface area contributed by atoms with Crippen LogP contribution < -0.4 is 15.4 Å². The average Bonchev–Trinajstić information content (AvgIpc) is 2.89. The van der Waals surface area contributed by atoms with Gasteiger partial charge in [-0.1, -0.05) is 6.07 Å². The summed E-state index contributed by atoms with van der Waals surface area (Å²) < 4.78 is 5.20. The molecule has 2 aromatic heterocycles. The molecule has 1 atom stereocenters. The van der Waals surface area contributed by atoms with Crippen LogP contribution in [0.2, 0.25) is 0 Å². The third-order valence-electron chi connectivity index (χ3n) is 5.99. The quantitative estimate of drug-likeness (QED) is 0.605. The van der Waals surface area contributed by atoms with Gasteiger partial charge in [0.15, 0.2) is 0 Å². The van der Waals surface area contributed by atoms with E-state index in [4.69, 9.17) is 4.74 Å². The second kappa shape index (κ2) is 9.68. The Bertz CT molecular complexity index is 1120. The van der Waals surface area contributed by atoms with Crippen LogP contribution in [0.1, 0.15) is 28.9 Å². The smallest absolute Gasteiger partial charge is 0.257 e. The minimum absolute atomic E-state index is 0.138. The van der Waals surface area contributed by atoms with Crippen LogP contribution in [0.5, 0.6) is 5.75 Å². The normalized spacial score (nSPS) is 17.8. The van der Waals surface area contributed by atoms with E-state index >= 15 is 0 Å². The molecule has 0 bridgehead atoms. The number of aromatic nitrogens is 2. The molecule has 0 aliphatic carbocycles. The van der Waals surface area contributed by atoms with Gasteiger partial charge in [0.1, 0.15) is 17.0 Å². The molecule has 3 heterocycles. The Morgan fingerprint density at radius 3 is 2.52 bits per heavy atom. The summed E-state index contributed by atoms with van der Waals surface area (Å²) in [6.07, 6.45) is 4.63. The number of pyridine rings is 2. The highest BCUT2D eigenvalue weighted by Crippen LogP contribution is 2.34. The van der Waals surface area contributed by atoms with Crippen LogP contribution in [-0.4, -0.2) is 53.9 Å². The number of rotatable bonds is 6. The van der Waals surface area contributed by atoms with E-state index in [2.05, 4.69) is 20.6 Å². The molecule has 0 spiro atoms. The van der Waals surface area contributed by atoms with Crippen molar-refractivity contribution in [3.63, 3.8) is 0 Å². The molecule has 2 amide bonds. The summed E-state index contributed by atoms with van der Waals surface area (Å²) in [5.41, 5.74) is 1.01. The van der Waals surface area contributed by atoms with Gasteiger partial charge < -0.3 is 20.3 Å². The summed E-state index contributed by atoms with van der Waals surface area (Å²) >= 11 is 0. The van der Waals surface area contributed by atoms with Crippen molar-refractivity contribution in [2.24, 2.45) is 0 Å². The maximum atomic E-state index is 13.6.